The average Bonchev–Trinajstić information content (AvgIpc) is 2.75. The molecule has 0 spiro atoms. The normalized spacial score (nSPS) is 19.5. The van der Waals surface area contributed by atoms with E-state index in [1.807, 2.05) is 12.1 Å². The third-order valence-corrected chi connectivity index (χ3v) is 2.82. The Bertz CT molecular complexity index is 563. The molecule has 0 fully saturated rings. The summed E-state index contributed by atoms with van der Waals surface area (Å²) < 4.78 is 5.42. The van der Waals surface area contributed by atoms with Crippen molar-refractivity contribution in [2.24, 2.45) is 10.7 Å². The summed E-state index contributed by atoms with van der Waals surface area (Å²) in [4.78, 5) is 4.05. The lowest BCUT2D eigenvalue weighted by molar-refractivity contribution is 0.226. The highest BCUT2D eigenvalue weighted by atomic mass is 16.5. The summed E-state index contributed by atoms with van der Waals surface area (Å²) >= 11 is 0. The van der Waals surface area contributed by atoms with Crippen molar-refractivity contribution in [3.63, 3.8) is 0 Å². The first kappa shape index (κ1) is 9.21. The number of rotatable bonds is 1. The van der Waals surface area contributed by atoms with Gasteiger partial charge in [0, 0.05) is 0 Å². The number of fused-ring (bicyclic) bond motifs is 1. The third kappa shape index (κ3) is 1.50. The number of nitrogens with two attached hydrogens (primary N) is 1. The lowest BCUT2D eigenvalue weighted by atomic mass is 10.0. The van der Waals surface area contributed by atoms with Crippen LogP contribution in [0.15, 0.2) is 47.5 Å². The van der Waals surface area contributed by atoms with Crippen molar-refractivity contribution in [3.8, 4) is 0 Å². The molecular formula is C13H12N2O. The molecule has 0 amide bonds. The van der Waals surface area contributed by atoms with E-state index in [1.165, 1.54) is 10.8 Å². The summed E-state index contributed by atoms with van der Waals surface area (Å²) in [7, 11) is 0. The topological polar surface area (TPSA) is 47.6 Å². The first-order valence-electron chi connectivity index (χ1n) is 5.28. The monoisotopic (exact) mass is 212 g/mol. The molecule has 16 heavy (non-hydrogen) atoms. The first-order chi connectivity index (χ1) is 7.83. The standard InChI is InChI=1S/C13H12N2O/c14-13-15-8-12(16-13)11-6-5-9-3-1-2-4-10(9)7-11/h1-7,12H,8H2,(H2,14,15). The Labute approximate surface area is 93.6 Å². The minimum atomic E-state index is -0.0235. The van der Waals surface area contributed by atoms with Crippen molar-refractivity contribution in [2.45, 2.75) is 6.10 Å². The smallest absolute Gasteiger partial charge is 0.282 e. The highest BCUT2D eigenvalue weighted by Crippen LogP contribution is 2.25. The average molecular weight is 212 g/mol. The molecule has 2 N–H and O–H groups in total. The van der Waals surface area contributed by atoms with Gasteiger partial charge in [-0.25, -0.2) is 4.99 Å². The summed E-state index contributed by atoms with van der Waals surface area (Å²) in [5.41, 5.74) is 6.63. The molecule has 1 aliphatic heterocycles. The van der Waals surface area contributed by atoms with E-state index in [0.717, 1.165) is 5.56 Å². The Hall–Kier alpha value is -2.03. The molecule has 0 aromatic heterocycles. The van der Waals surface area contributed by atoms with Crippen molar-refractivity contribution < 1.29 is 4.74 Å². The Morgan fingerprint density at radius 2 is 1.94 bits per heavy atom. The maximum Gasteiger partial charge on any atom is 0.282 e. The van der Waals surface area contributed by atoms with Gasteiger partial charge in [-0.3, -0.25) is 0 Å². The second-order valence-electron chi connectivity index (χ2n) is 3.89. The second kappa shape index (κ2) is 3.52. The first-order valence-corrected chi connectivity index (χ1v) is 5.28. The van der Waals surface area contributed by atoms with Gasteiger partial charge in [-0.1, -0.05) is 36.4 Å². The molecule has 2 aromatic carbocycles. The van der Waals surface area contributed by atoms with Crippen molar-refractivity contribution in [2.75, 3.05) is 6.54 Å². The van der Waals surface area contributed by atoms with Crippen molar-refractivity contribution in [1.82, 2.24) is 0 Å². The molecule has 2 aromatic rings. The Morgan fingerprint density at radius 3 is 2.69 bits per heavy atom. The van der Waals surface area contributed by atoms with Crippen LogP contribution >= 0.6 is 0 Å². The highest BCUT2D eigenvalue weighted by Gasteiger charge is 2.19. The van der Waals surface area contributed by atoms with Crippen LogP contribution in [0.4, 0.5) is 0 Å². The van der Waals surface area contributed by atoms with Crippen molar-refractivity contribution in [1.29, 1.82) is 0 Å². The van der Waals surface area contributed by atoms with Gasteiger partial charge in [0.1, 0.15) is 6.10 Å². The fourth-order valence-electron chi connectivity index (χ4n) is 1.97. The van der Waals surface area contributed by atoms with Gasteiger partial charge >= 0.3 is 0 Å². The molecule has 0 bridgehead atoms. The maximum atomic E-state index is 5.50. The van der Waals surface area contributed by atoms with E-state index in [1.54, 1.807) is 0 Å². The molecule has 0 saturated heterocycles. The van der Waals surface area contributed by atoms with Gasteiger partial charge in [0.15, 0.2) is 0 Å². The maximum absolute atomic E-state index is 5.50. The Balaban J connectivity index is 1.99. The minimum absolute atomic E-state index is 0.0235. The number of hydrogen-bond donors (Lipinski definition) is 1. The Kier molecular flexibility index (Phi) is 2.03. The number of aliphatic imine (C=N–C) groups is 1. The fourth-order valence-corrected chi connectivity index (χ4v) is 1.97. The van der Waals surface area contributed by atoms with Crippen LogP contribution in [0.2, 0.25) is 0 Å². The van der Waals surface area contributed by atoms with Gasteiger partial charge in [0.05, 0.1) is 6.54 Å². The zero-order chi connectivity index (χ0) is 11.0. The van der Waals surface area contributed by atoms with Gasteiger partial charge in [-0.05, 0) is 22.4 Å². The molecule has 1 unspecified atom stereocenters. The summed E-state index contributed by atoms with van der Waals surface area (Å²) in [5, 5.41) is 2.45. The van der Waals surface area contributed by atoms with Gasteiger partial charge in [-0.2, -0.15) is 0 Å². The zero-order valence-corrected chi connectivity index (χ0v) is 8.76. The van der Waals surface area contributed by atoms with Crippen molar-refractivity contribution >= 4 is 16.8 Å². The van der Waals surface area contributed by atoms with Gasteiger partial charge in [0.25, 0.3) is 6.02 Å². The van der Waals surface area contributed by atoms with E-state index >= 15 is 0 Å². The van der Waals surface area contributed by atoms with Gasteiger partial charge < -0.3 is 10.5 Å². The Morgan fingerprint density at radius 1 is 1.12 bits per heavy atom. The van der Waals surface area contributed by atoms with Crippen LogP contribution in [0.25, 0.3) is 10.8 Å². The molecule has 1 aliphatic rings. The summed E-state index contributed by atoms with van der Waals surface area (Å²) in [6.07, 6.45) is -0.0235. The van der Waals surface area contributed by atoms with Gasteiger partial charge in [0.2, 0.25) is 0 Å². The van der Waals surface area contributed by atoms with Gasteiger partial charge in [-0.15, -0.1) is 0 Å². The molecule has 3 nitrogen and oxygen atoms in total. The minimum Gasteiger partial charge on any atom is -0.455 e. The summed E-state index contributed by atoms with van der Waals surface area (Å²) in [6.45, 7) is 0.615. The predicted molar refractivity (Wildman–Crippen MR) is 64.3 cm³/mol. The molecule has 80 valence electrons. The fraction of sp³-hybridized carbons (Fsp3) is 0.154. The number of hydrogen-bond acceptors (Lipinski definition) is 3. The predicted octanol–water partition coefficient (Wildman–Crippen LogP) is 2.23. The molecule has 0 saturated carbocycles. The van der Waals surface area contributed by atoms with E-state index in [9.17, 15) is 0 Å². The van der Waals surface area contributed by atoms with E-state index in [4.69, 9.17) is 10.5 Å². The molecule has 1 atom stereocenters. The SMILES string of the molecule is NC1=NCC(c2ccc3ccccc3c2)O1. The van der Waals surface area contributed by atoms with Crippen LogP contribution in [0.1, 0.15) is 11.7 Å². The molecule has 0 aliphatic carbocycles. The van der Waals surface area contributed by atoms with Crippen LogP contribution in [0, 0.1) is 0 Å². The van der Waals surface area contributed by atoms with E-state index in [0.29, 0.717) is 6.54 Å². The van der Waals surface area contributed by atoms with E-state index in [2.05, 4.69) is 35.3 Å². The number of benzene rings is 2. The molecule has 3 rings (SSSR count). The van der Waals surface area contributed by atoms with E-state index in [-0.39, 0.29) is 12.1 Å². The highest BCUT2D eigenvalue weighted by molar-refractivity contribution is 5.83. The molecule has 0 radical (unpaired) electrons. The second-order valence-corrected chi connectivity index (χ2v) is 3.89. The van der Waals surface area contributed by atoms with Crippen LogP contribution in [0.3, 0.4) is 0 Å². The van der Waals surface area contributed by atoms with Crippen LogP contribution in [-0.2, 0) is 4.74 Å². The molecule has 3 heteroatoms. The molecular weight excluding hydrogens is 200 g/mol. The lowest BCUT2D eigenvalue weighted by Gasteiger charge is -2.10. The number of amidine groups is 1. The van der Waals surface area contributed by atoms with Crippen LogP contribution in [-0.4, -0.2) is 12.6 Å². The zero-order valence-electron chi connectivity index (χ0n) is 8.76. The van der Waals surface area contributed by atoms with E-state index < -0.39 is 0 Å². The third-order valence-electron chi connectivity index (χ3n) is 2.82. The number of ether oxygens (including phenoxy) is 1. The molecule has 1 heterocycles. The largest absolute Gasteiger partial charge is 0.455 e. The van der Waals surface area contributed by atoms with Crippen LogP contribution in [0.5, 0.6) is 0 Å². The summed E-state index contributed by atoms with van der Waals surface area (Å²) in [5.74, 6) is 0. The van der Waals surface area contributed by atoms with Crippen molar-refractivity contribution in [3.05, 3.63) is 48.0 Å². The summed E-state index contributed by atoms with van der Waals surface area (Å²) in [6, 6.07) is 14.9. The lowest BCUT2D eigenvalue weighted by Crippen LogP contribution is -2.13. The number of nitrogens with zero attached hydrogens (tertiary/aromatic N) is 1. The van der Waals surface area contributed by atoms with Crippen LogP contribution < -0.4 is 5.73 Å². The quantitative estimate of drug-likeness (QED) is 0.787.